The van der Waals surface area contributed by atoms with Gasteiger partial charge in [0.05, 0.1) is 17.7 Å². The molecular formula is C15H14ClFN2O2. The number of halogens is 2. The summed E-state index contributed by atoms with van der Waals surface area (Å²) in [5.41, 5.74) is 1.23. The Morgan fingerprint density at radius 2 is 1.81 bits per heavy atom. The van der Waals surface area contributed by atoms with E-state index in [2.05, 4.69) is 0 Å². The van der Waals surface area contributed by atoms with E-state index in [1.807, 2.05) is 0 Å². The zero-order valence-electron chi connectivity index (χ0n) is 11.3. The maximum Gasteiger partial charge on any atom is 0.261 e. The molecule has 1 aromatic rings. The van der Waals surface area contributed by atoms with Crippen LogP contribution in [0.3, 0.4) is 0 Å². The van der Waals surface area contributed by atoms with Gasteiger partial charge in [-0.1, -0.05) is 12.1 Å². The van der Waals surface area contributed by atoms with Crippen molar-refractivity contribution in [1.29, 1.82) is 0 Å². The third-order valence-electron chi connectivity index (χ3n) is 3.80. The predicted octanol–water partition coefficient (Wildman–Crippen LogP) is 2.76. The average molecular weight is 309 g/mol. The first kappa shape index (κ1) is 14.2. The van der Waals surface area contributed by atoms with Crippen LogP contribution in [0.25, 0.3) is 0 Å². The lowest BCUT2D eigenvalue weighted by atomic mass is 10.1. The highest BCUT2D eigenvalue weighted by molar-refractivity contribution is 6.21. The summed E-state index contributed by atoms with van der Waals surface area (Å²) in [5.74, 6) is -1.32. The molecule has 0 atom stereocenters. The van der Waals surface area contributed by atoms with Crippen LogP contribution in [0.15, 0.2) is 35.7 Å². The quantitative estimate of drug-likeness (QED) is 0.623. The van der Waals surface area contributed by atoms with Crippen molar-refractivity contribution in [1.82, 2.24) is 9.32 Å². The van der Waals surface area contributed by atoms with Gasteiger partial charge in [0.25, 0.3) is 11.8 Å². The predicted molar refractivity (Wildman–Crippen MR) is 76.6 cm³/mol. The number of imide groups is 1. The van der Waals surface area contributed by atoms with E-state index in [1.165, 1.54) is 4.42 Å². The molecule has 0 bridgehead atoms. The number of hydrogen-bond acceptors (Lipinski definition) is 3. The van der Waals surface area contributed by atoms with Crippen molar-refractivity contribution in [2.45, 2.75) is 12.8 Å². The molecule has 21 heavy (non-hydrogen) atoms. The molecule has 0 spiro atoms. The van der Waals surface area contributed by atoms with Crippen LogP contribution >= 0.6 is 11.8 Å². The van der Waals surface area contributed by atoms with Gasteiger partial charge in [-0.25, -0.2) is 8.81 Å². The van der Waals surface area contributed by atoms with Gasteiger partial charge in [0, 0.05) is 13.1 Å². The lowest BCUT2D eigenvalue weighted by Crippen LogP contribution is -2.32. The van der Waals surface area contributed by atoms with Gasteiger partial charge in [0.15, 0.2) is 0 Å². The van der Waals surface area contributed by atoms with Crippen molar-refractivity contribution in [3.05, 3.63) is 46.8 Å². The summed E-state index contributed by atoms with van der Waals surface area (Å²) >= 11 is 5.89. The third-order valence-corrected chi connectivity index (χ3v) is 4.09. The van der Waals surface area contributed by atoms with Gasteiger partial charge >= 0.3 is 0 Å². The van der Waals surface area contributed by atoms with Gasteiger partial charge in [0.1, 0.15) is 5.83 Å². The molecule has 1 saturated heterocycles. The number of fused-ring (bicyclic) bond motifs is 1. The summed E-state index contributed by atoms with van der Waals surface area (Å²) in [6.45, 7) is 0.730. The molecule has 2 aliphatic heterocycles. The Morgan fingerprint density at radius 1 is 1.19 bits per heavy atom. The molecular weight excluding hydrogens is 295 g/mol. The van der Waals surface area contributed by atoms with Crippen LogP contribution in [-0.4, -0.2) is 40.8 Å². The SMILES string of the molecule is O=C1c2ccccc2C(=O)N1C/C(F)=C1/CCCN(Cl)C1. The fourth-order valence-corrected chi connectivity index (χ4v) is 2.95. The molecule has 0 aliphatic carbocycles. The van der Waals surface area contributed by atoms with E-state index in [9.17, 15) is 14.0 Å². The summed E-state index contributed by atoms with van der Waals surface area (Å²) in [7, 11) is 0. The van der Waals surface area contributed by atoms with Crippen LogP contribution in [0.4, 0.5) is 4.39 Å². The molecule has 2 amide bonds. The molecule has 3 rings (SSSR count). The number of carbonyl (C=O) groups excluding carboxylic acids is 2. The first-order valence-electron chi connectivity index (χ1n) is 6.80. The molecule has 110 valence electrons. The van der Waals surface area contributed by atoms with E-state index in [-0.39, 0.29) is 6.54 Å². The van der Waals surface area contributed by atoms with Crippen LogP contribution in [0.2, 0.25) is 0 Å². The van der Waals surface area contributed by atoms with E-state index in [0.29, 0.717) is 36.2 Å². The lowest BCUT2D eigenvalue weighted by Gasteiger charge is -2.23. The van der Waals surface area contributed by atoms with Crippen molar-refractivity contribution in [3.8, 4) is 0 Å². The van der Waals surface area contributed by atoms with Gasteiger partial charge in [-0.2, -0.15) is 0 Å². The van der Waals surface area contributed by atoms with Crippen molar-refractivity contribution in [3.63, 3.8) is 0 Å². The number of rotatable bonds is 2. The maximum atomic E-state index is 14.3. The highest BCUT2D eigenvalue weighted by Gasteiger charge is 2.36. The molecule has 0 radical (unpaired) electrons. The number of piperidine rings is 1. The second-order valence-electron chi connectivity index (χ2n) is 5.20. The standard InChI is InChI=1S/C15H14ClFN2O2/c16-18-7-3-4-10(8-18)13(17)9-19-14(20)11-5-1-2-6-12(11)15(19)21/h1-2,5-6H,3-4,7-9H2/b13-10+. The van der Waals surface area contributed by atoms with Crippen molar-refractivity contribution < 1.29 is 14.0 Å². The maximum absolute atomic E-state index is 14.3. The normalized spacial score (nSPS) is 21.7. The summed E-state index contributed by atoms with van der Waals surface area (Å²) < 4.78 is 15.8. The first-order chi connectivity index (χ1) is 10.1. The van der Waals surface area contributed by atoms with Crippen LogP contribution < -0.4 is 0 Å². The van der Waals surface area contributed by atoms with Crippen LogP contribution in [-0.2, 0) is 0 Å². The Bertz CT molecular complexity index is 609. The van der Waals surface area contributed by atoms with Gasteiger partial charge in [0.2, 0.25) is 0 Å². The summed E-state index contributed by atoms with van der Waals surface area (Å²) in [4.78, 5) is 25.3. The minimum Gasteiger partial charge on any atom is -0.269 e. The zero-order chi connectivity index (χ0) is 15.0. The Hall–Kier alpha value is -1.72. The lowest BCUT2D eigenvalue weighted by molar-refractivity contribution is 0.0659. The fourth-order valence-electron chi connectivity index (χ4n) is 2.68. The molecule has 1 aromatic carbocycles. The fraction of sp³-hybridized carbons (Fsp3) is 0.333. The third kappa shape index (κ3) is 2.59. The summed E-state index contributed by atoms with van der Waals surface area (Å²) in [5, 5.41) is 0. The molecule has 0 saturated carbocycles. The summed E-state index contributed by atoms with van der Waals surface area (Å²) in [6.07, 6.45) is 1.38. The molecule has 2 heterocycles. The van der Waals surface area contributed by atoms with E-state index < -0.39 is 17.6 Å². The van der Waals surface area contributed by atoms with Gasteiger partial charge in [-0.05, 0) is 42.3 Å². The second-order valence-corrected chi connectivity index (χ2v) is 5.68. The van der Waals surface area contributed by atoms with Crippen molar-refractivity contribution in [2.75, 3.05) is 19.6 Å². The van der Waals surface area contributed by atoms with E-state index >= 15 is 0 Å². The minimum absolute atomic E-state index is 0.313. The van der Waals surface area contributed by atoms with Crippen LogP contribution in [0.1, 0.15) is 33.6 Å². The Kier molecular flexibility index (Phi) is 3.78. The topological polar surface area (TPSA) is 40.6 Å². The van der Waals surface area contributed by atoms with E-state index in [0.717, 1.165) is 11.3 Å². The van der Waals surface area contributed by atoms with E-state index in [1.54, 1.807) is 24.3 Å². The molecule has 6 heteroatoms. The molecule has 1 fully saturated rings. The Labute approximate surface area is 126 Å². The zero-order valence-corrected chi connectivity index (χ0v) is 12.1. The molecule has 4 nitrogen and oxygen atoms in total. The average Bonchev–Trinajstić information content (AvgIpc) is 2.73. The first-order valence-corrected chi connectivity index (χ1v) is 7.14. The highest BCUT2D eigenvalue weighted by atomic mass is 35.5. The van der Waals surface area contributed by atoms with Crippen molar-refractivity contribution in [2.24, 2.45) is 0 Å². The molecule has 0 N–H and O–H groups in total. The van der Waals surface area contributed by atoms with Gasteiger partial charge < -0.3 is 0 Å². The number of benzene rings is 1. The number of hydrogen-bond donors (Lipinski definition) is 0. The molecule has 0 aromatic heterocycles. The van der Waals surface area contributed by atoms with Crippen molar-refractivity contribution >= 4 is 23.6 Å². The van der Waals surface area contributed by atoms with Crippen LogP contribution in [0.5, 0.6) is 0 Å². The largest absolute Gasteiger partial charge is 0.269 e. The summed E-state index contributed by atoms with van der Waals surface area (Å²) in [6, 6.07) is 6.55. The second kappa shape index (κ2) is 5.58. The highest BCUT2D eigenvalue weighted by Crippen LogP contribution is 2.26. The number of carbonyl (C=O) groups is 2. The smallest absolute Gasteiger partial charge is 0.261 e. The van der Waals surface area contributed by atoms with Gasteiger partial charge in [-0.15, -0.1) is 0 Å². The monoisotopic (exact) mass is 308 g/mol. The number of nitrogens with zero attached hydrogens (tertiary/aromatic N) is 2. The Balaban J connectivity index is 1.82. The van der Waals surface area contributed by atoms with Crippen LogP contribution in [0, 0.1) is 0 Å². The molecule has 2 aliphatic rings. The van der Waals surface area contributed by atoms with E-state index in [4.69, 9.17) is 11.8 Å². The number of amides is 2. The Morgan fingerprint density at radius 3 is 2.38 bits per heavy atom. The molecule has 0 unspecified atom stereocenters. The van der Waals surface area contributed by atoms with Gasteiger partial charge in [-0.3, -0.25) is 14.5 Å². The minimum atomic E-state index is -0.440.